The lowest BCUT2D eigenvalue weighted by molar-refractivity contribution is 0.669. The van der Waals surface area contributed by atoms with Gasteiger partial charge in [-0.25, -0.2) is 0 Å². The molecule has 0 saturated carbocycles. The predicted octanol–water partition coefficient (Wildman–Crippen LogP) is 12.0. The molecule has 0 atom stereocenters. The molecular weight excluding hydrogens is 520 g/mol. The molecule has 0 saturated heterocycles. The van der Waals surface area contributed by atoms with Crippen molar-refractivity contribution in [3.8, 4) is 33.4 Å². The van der Waals surface area contributed by atoms with E-state index in [1.807, 2.05) is 54.6 Å². The average molecular weight is 560 g/mol. The van der Waals surface area contributed by atoms with Crippen LogP contribution < -0.4 is 0 Å². The number of furan rings is 1. The Kier molecular flexibility index (Phi) is 3.18. The number of benzene rings is 8. The van der Waals surface area contributed by atoms with Gasteiger partial charge in [-0.15, -0.1) is 0 Å². The summed E-state index contributed by atoms with van der Waals surface area (Å²) in [7, 11) is 0. The standard InChI is InChI=1S/C42H26O/c1-2-12-28(13-3-1)40-32-15-6-8-17-34(32)41(35-18-9-7-16-33(35)40)36-19-10-20-39-42(36)37-26-31(23-24-38(37)43-39)30-22-21-27-11-4-5-14-29(27)25-30/h1-26H/i1D,2D,3D,6D,7D,8D,9D,12D,13D,15D,16D,17D,18D. The van der Waals surface area contributed by atoms with Gasteiger partial charge in [0.1, 0.15) is 11.2 Å². The lowest BCUT2D eigenvalue weighted by Gasteiger charge is -2.18. The van der Waals surface area contributed by atoms with Crippen LogP contribution in [0.2, 0.25) is 0 Å². The smallest absolute Gasteiger partial charge is 0.136 e. The highest BCUT2D eigenvalue weighted by Gasteiger charge is 2.20. The minimum absolute atomic E-state index is 0.0505. The van der Waals surface area contributed by atoms with Gasteiger partial charge in [-0.05, 0) is 90.0 Å². The summed E-state index contributed by atoms with van der Waals surface area (Å²) in [5.74, 6) is 0. The van der Waals surface area contributed by atoms with Crippen molar-refractivity contribution in [2.75, 3.05) is 0 Å². The van der Waals surface area contributed by atoms with Crippen molar-refractivity contribution in [3.63, 3.8) is 0 Å². The molecule has 0 amide bonds. The highest BCUT2D eigenvalue weighted by molar-refractivity contribution is 6.25. The minimum atomic E-state index is -0.718. The maximum absolute atomic E-state index is 9.34. The van der Waals surface area contributed by atoms with E-state index in [-0.39, 0.29) is 32.7 Å². The van der Waals surface area contributed by atoms with E-state index in [9.17, 15) is 5.48 Å². The van der Waals surface area contributed by atoms with Crippen molar-refractivity contribution < 1.29 is 22.2 Å². The molecule has 1 heteroatoms. The van der Waals surface area contributed by atoms with E-state index in [1.54, 1.807) is 18.2 Å². The highest BCUT2D eigenvalue weighted by Crippen LogP contribution is 2.47. The highest BCUT2D eigenvalue weighted by atomic mass is 16.3. The second kappa shape index (κ2) is 9.44. The van der Waals surface area contributed by atoms with Crippen molar-refractivity contribution in [1.82, 2.24) is 0 Å². The van der Waals surface area contributed by atoms with Crippen LogP contribution in [-0.2, 0) is 0 Å². The summed E-state index contributed by atoms with van der Waals surface area (Å²) in [4.78, 5) is 0. The minimum Gasteiger partial charge on any atom is -0.456 e. The molecule has 0 fully saturated rings. The van der Waals surface area contributed by atoms with Crippen LogP contribution in [0.1, 0.15) is 17.8 Å². The van der Waals surface area contributed by atoms with E-state index < -0.39 is 84.1 Å². The fourth-order valence-electron chi connectivity index (χ4n) is 6.10. The van der Waals surface area contributed by atoms with Gasteiger partial charge in [0.15, 0.2) is 0 Å². The summed E-state index contributed by atoms with van der Waals surface area (Å²) in [6.45, 7) is 0. The normalized spacial score (nSPS) is 16.0. The molecule has 1 heterocycles. The molecule has 0 aliphatic heterocycles. The monoisotopic (exact) mass is 559 g/mol. The first-order chi connectivity index (χ1) is 26.7. The fourth-order valence-corrected chi connectivity index (χ4v) is 6.10. The van der Waals surface area contributed by atoms with Crippen molar-refractivity contribution in [1.29, 1.82) is 0 Å². The molecule has 43 heavy (non-hydrogen) atoms. The van der Waals surface area contributed by atoms with Crippen LogP contribution in [0.25, 0.3) is 87.6 Å². The summed E-state index contributed by atoms with van der Waals surface area (Å²) in [6.07, 6.45) is 0. The zero-order valence-electron chi connectivity index (χ0n) is 35.4. The van der Waals surface area contributed by atoms with Gasteiger partial charge >= 0.3 is 0 Å². The van der Waals surface area contributed by atoms with Crippen LogP contribution in [0.5, 0.6) is 0 Å². The Morgan fingerprint density at radius 1 is 0.419 bits per heavy atom. The Morgan fingerprint density at radius 2 is 1.05 bits per heavy atom. The van der Waals surface area contributed by atoms with Crippen LogP contribution in [-0.4, -0.2) is 0 Å². The molecule has 9 rings (SSSR count). The quantitative estimate of drug-likeness (QED) is 0.196. The summed E-state index contributed by atoms with van der Waals surface area (Å²) in [6, 6.07) is 16.5. The Bertz CT molecular complexity index is 3130. The lowest BCUT2D eigenvalue weighted by atomic mass is 9.85. The molecule has 0 N–H and O–H groups in total. The average Bonchev–Trinajstić information content (AvgIpc) is 3.59. The summed E-state index contributed by atoms with van der Waals surface area (Å²) >= 11 is 0. The van der Waals surface area contributed by atoms with Crippen molar-refractivity contribution in [3.05, 3.63) is 157 Å². The Labute approximate surface area is 267 Å². The SMILES string of the molecule is [2H]c1c([2H])c([2H])c(-c2c3c([2H])c([2H])c([2H])c([2H])c3c(-c3cccc4oc5ccc(-c6ccc7ccccc7c6)cc5c34)c3c([2H])c([2H])c([2H])c([2H])c23)c([2H])c1[2H]. The molecule has 0 radical (unpaired) electrons. The van der Waals surface area contributed by atoms with Gasteiger partial charge in [0.05, 0.1) is 17.8 Å². The molecule has 200 valence electrons. The first kappa shape index (κ1) is 14.5. The topological polar surface area (TPSA) is 13.1 Å². The number of fused-ring (bicyclic) bond motifs is 6. The molecule has 8 aromatic carbocycles. The first-order valence-corrected chi connectivity index (χ1v) is 13.7. The van der Waals surface area contributed by atoms with Crippen molar-refractivity contribution in [2.45, 2.75) is 0 Å². The van der Waals surface area contributed by atoms with E-state index >= 15 is 0 Å². The van der Waals surface area contributed by atoms with Crippen LogP contribution in [0.15, 0.2) is 162 Å². The predicted molar refractivity (Wildman–Crippen MR) is 183 cm³/mol. The first-order valence-electron chi connectivity index (χ1n) is 20.2. The zero-order chi connectivity index (χ0) is 39.6. The largest absolute Gasteiger partial charge is 0.456 e. The lowest BCUT2D eigenvalue weighted by Crippen LogP contribution is -1.91. The molecule has 0 aliphatic carbocycles. The van der Waals surface area contributed by atoms with E-state index in [4.69, 9.17) is 16.8 Å². The third kappa shape index (κ3) is 3.72. The Balaban J connectivity index is 1.52. The van der Waals surface area contributed by atoms with Crippen LogP contribution in [0.4, 0.5) is 0 Å². The number of rotatable bonds is 3. The molecule has 0 bridgehead atoms. The van der Waals surface area contributed by atoms with Gasteiger partial charge in [-0.2, -0.15) is 0 Å². The molecular formula is C42H26O. The summed E-state index contributed by atoms with van der Waals surface area (Å²) in [5, 5.41) is 2.46. The van der Waals surface area contributed by atoms with Gasteiger partial charge in [-0.1, -0.05) is 133 Å². The Hall–Kier alpha value is -5.66. The molecule has 0 aliphatic rings. The Morgan fingerprint density at radius 3 is 1.79 bits per heavy atom. The number of hydrogen-bond acceptors (Lipinski definition) is 1. The number of hydrogen-bond donors (Lipinski definition) is 0. The molecule has 1 aromatic heterocycles. The van der Waals surface area contributed by atoms with Gasteiger partial charge in [0.2, 0.25) is 0 Å². The zero-order valence-corrected chi connectivity index (χ0v) is 22.4. The van der Waals surface area contributed by atoms with Crippen molar-refractivity contribution >= 4 is 54.3 Å². The summed E-state index contributed by atoms with van der Waals surface area (Å²) < 4.78 is 122. The molecule has 9 aromatic rings. The van der Waals surface area contributed by atoms with Gasteiger partial charge in [0.25, 0.3) is 0 Å². The maximum Gasteiger partial charge on any atom is 0.136 e. The van der Waals surface area contributed by atoms with Crippen LogP contribution in [0.3, 0.4) is 0 Å². The third-order valence-electron chi connectivity index (χ3n) is 7.97. The van der Waals surface area contributed by atoms with Gasteiger partial charge < -0.3 is 4.42 Å². The van der Waals surface area contributed by atoms with E-state index in [1.165, 1.54) is 0 Å². The van der Waals surface area contributed by atoms with E-state index in [2.05, 4.69) is 6.07 Å². The second-order valence-electron chi connectivity index (χ2n) is 10.3. The second-order valence-corrected chi connectivity index (χ2v) is 10.3. The fraction of sp³-hybridized carbons (Fsp3) is 0. The third-order valence-corrected chi connectivity index (χ3v) is 7.97. The van der Waals surface area contributed by atoms with Crippen LogP contribution in [0, 0.1) is 0 Å². The van der Waals surface area contributed by atoms with Crippen LogP contribution >= 0.6 is 0 Å². The summed E-state index contributed by atoms with van der Waals surface area (Å²) in [5.41, 5.74) is 2.31. The molecule has 1 nitrogen and oxygen atoms in total. The maximum atomic E-state index is 9.34. The van der Waals surface area contributed by atoms with Gasteiger partial charge in [-0.3, -0.25) is 0 Å². The van der Waals surface area contributed by atoms with E-state index in [0.29, 0.717) is 27.5 Å². The van der Waals surface area contributed by atoms with E-state index in [0.717, 1.165) is 21.9 Å². The van der Waals surface area contributed by atoms with Gasteiger partial charge in [0, 0.05) is 10.8 Å². The molecule has 0 unspecified atom stereocenters. The van der Waals surface area contributed by atoms with Crippen molar-refractivity contribution in [2.24, 2.45) is 0 Å². The molecule has 0 spiro atoms.